The lowest BCUT2D eigenvalue weighted by Gasteiger charge is -2.07. The maximum atomic E-state index is 12.5. The normalized spacial score (nSPS) is 10.1. The number of carbonyl (C=O) groups excluding carboxylic acids is 2. The number of nitrogens with one attached hydrogen (secondary N) is 2. The Morgan fingerprint density at radius 1 is 1.14 bits per heavy atom. The molecule has 0 aliphatic carbocycles. The van der Waals surface area contributed by atoms with Crippen molar-refractivity contribution in [1.29, 1.82) is 5.26 Å². The Morgan fingerprint density at radius 3 is 2.32 bits per heavy atom. The van der Waals surface area contributed by atoms with Crippen LogP contribution < -0.4 is 10.9 Å². The van der Waals surface area contributed by atoms with Gasteiger partial charge < -0.3 is 4.42 Å². The standard InChI is InChI=1S/C18H13N5O5/c1-11-15(14(10-19)18(28-11)22-8-2-3-9-22)17(25)21-20-16(24)12-4-6-13(7-5-12)23(26)27/h2-9H,1H3,(H,20,24)(H,21,25). The van der Waals surface area contributed by atoms with Gasteiger partial charge in [-0.15, -0.1) is 0 Å². The van der Waals surface area contributed by atoms with E-state index in [1.165, 1.54) is 31.2 Å². The van der Waals surface area contributed by atoms with Crippen LogP contribution in [0.25, 0.3) is 5.88 Å². The molecule has 0 radical (unpaired) electrons. The molecule has 0 fully saturated rings. The van der Waals surface area contributed by atoms with E-state index in [1.54, 1.807) is 29.1 Å². The van der Waals surface area contributed by atoms with Gasteiger partial charge in [0.1, 0.15) is 23.0 Å². The van der Waals surface area contributed by atoms with Crippen molar-refractivity contribution in [3.63, 3.8) is 0 Å². The Bertz CT molecular complexity index is 1090. The SMILES string of the molecule is Cc1oc(-n2cccc2)c(C#N)c1C(=O)NNC(=O)c1ccc([N+](=O)[O-])cc1. The van der Waals surface area contributed by atoms with E-state index in [-0.39, 0.29) is 34.0 Å². The topological polar surface area (TPSA) is 143 Å². The Hall–Kier alpha value is -4.39. The smallest absolute Gasteiger partial charge is 0.274 e. The first kappa shape index (κ1) is 18.4. The first-order chi connectivity index (χ1) is 13.4. The number of nitro groups is 1. The van der Waals surface area contributed by atoms with E-state index in [0.29, 0.717) is 0 Å². The third-order valence-corrected chi connectivity index (χ3v) is 3.87. The molecule has 0 saturated heterocycles. The maximum Gasteiger partial charge on any atom is 0.274 e. The van der Waals surface area contributed by atoms with Crippen LogP contribution in [0.5, 0.6) is 0 Å². The highest BCUT2D eigenvalue weighted by Gasteiger charge is 2.25. The highest BCUT2D eigenvalue weighted by atomic mass is 16.6. The molecule has 0 aliphatic heterocycles. The summed E-state index contributed by atoms with van der Waals surface area (Å²) in [7, 11) is 0. The van der Waals surface area contributed by atoms with Gasteiger partial charge in [-0.05, 0) is 31.2 Å². The van der Waals surface area contributed by atoms with Gasteiger partial charge in [-0.2, -0.15) is 5.26 Å². The average Bonchev–Trinajstić information content (AvgIpc) is 3.33. The number of non-ortho nitro benzene ring substituents is 1. The van der Waals surface area contributed by atoms with Crippen molar-refractivity contribution in [2.45, 2.75) is 6.92 Å². The molecule has 3 rings (SSSR count). The van der Waals surface area contributed by atoms with Crippen LogP contribution >= 0.6 is 0 Å². The van der Waals surface area contributed by atoms with Crippen molar-refractivity contribution in [3.8, 4) is 12.0 Å². The quantitative estimate of drug-likeness (QED) is 0.525. The molecule has 0 spiro atoms. The molecule has 10 heteroatoms. The third-order valence-electron chi connectivity index (χ3n) is 3.87. The van der Waals surface area contributed by atoms with Gasteiger partial charge in [0.25, 0.3) is 17.5 Å². The van der Waals surface area contributed by atoms with E-state index in [9.17, 15) is 25.0 Å². The zero-order valence-corrected chi connectivity index (χ0v) is 14.5. The summed E-state index contributed by atoms with van der Waals surface area (Å²) in [5, 5.41) is 20.1. The molecule has 2 aromatic heterocycles. The van der Waals surface area contributed by atoms with Gasteiger partial charge >= 0.3 is 0 Å². The molecule has 0 atom stereocenters. The second-order valence-electron chi connectivity index (χ2n) is 5.63. The lowest BCUT2D eigenvalue weighted by atomic mass is 10.1. The van der Waals surface area contributed by atoms with Gasteiger partial charge in [0.2, 0.25) is 5.88 Å². The Balaban J connectivity index is 1.76. The van der Waals surface area contributed by atoms with Crippen molar-refractivity contribution in [3.05, 3.63) is 81.4 Å². The number of hydrazine groups is 1. The van der Waals surface area contributed by atoms with Crippen LogP contribution in [-0.2, 0) is 0 Å². The van der Waals surface area contributed by atoms with Crippen LogP contribution in [0.4, 0.5) is 5.69 Å². The minimum atomic E-state index is -0.730. The van der Waals surface area contributed by atoms with Gasteiger partial charge in [-0.3, -0.25) is 35.1 Å². The summed E-state index contributed by atoms with van der Waals surface area (Å²) in [6, 6.07) is 10.3. The van der Waals surface area contributed by atoms with Crippen LogP contribution in [0.15, 0.2) is 53.2 Å². The molecule has 0 bridgehead atoms. The minimum Gasteiger partial charge on any atom is -0.443 e. The Morgan fingerprint density at radius 2 is 1.75 bits per heavy atom. The number of nitro benzene ring substituents is 1. The first-order valence-corrected chi connectivity index (χ1v) is 7.94. The van der Waals surface area contributed by atoms with Gasteiger partial charge in [-0.25, -0.2) is 0 Å². The van der Waals surface area contributed by atoms with Crippen LogP contribution in [0.2, 0.25) is 0 Å². The lowest BCUT2D eigenvalue weighted by Crippen LogP contribution is -2.42. The Kier molecular flexibility index (Phi) is 4.91. The summed E-state index contributed by atoms with van der Waals surface area (Å²) in [6.07, 6.45) is 3.33. The fraction of sp³-hybridized carbons (Fsp3) is 0.0556. The van der Waals surface area contributed by atoms with Crippen molar-refractivity contribution >= 4 is 17.5 Å². The number of hydrogen-bond donors (Lipinski definition) is 2. The van der Waals surface area contributed by atoms with E-state index < -0.39 is 16.7 Å². The molecule has 28 heavy (non-hydrogen) atoms. The number of furan rings is 1. The summed E-state index contributed by atoms with van der Waals surface area (Å²) in [5.41, 5.74) is 4.39. The second kappa shape index (κ2) is 7.46. The molecular weight excluding hydrogens is 366 g/mol. The highest BCUT2D eigenvalue weighted by Crippen LogP contribution is 2.25. The molecule has 140 valence electrons. The van der Waals surface area contributed by atoms with E-state index in [0.717, 1.165) is 0 Å². The lowest BCUT2D eigenvalue weighted by molar-refractivity contribution is -0.384. The van der Waals surface area contributed by atoms with E-state index in [4.69, 9.17) is 4.42 Å². The third kappa shape index (κ3) is 3.45. The highest BCUT2D eigenvalue weighted by molar-refractivity contribution is 6.01. The average molecular weight is 379 g/mol. The zero-order valence-electron chi connectivity index (χ0n) is 14.5. The molecule has 2 N–H and O–H groups in total. The maximum absolute atomic E-state index is 12.5. The number of aryl methyl sites for hydroxylation is 1. The zero-order chi connectivity index (χ0) is 20.3. The van der Waals surface area contributed by atoms with Gasteiger partial charge in [-0.1, -0.05) is 0 Å². The summed E-state index contributed by atoms with van der Waals surface area (Å²) in [4.78, 5) is 34.6. The molecule has 0 unspecified atom stereocenters. The number of hydrogen-bond acceptors (Lipinski definition) is 6. The number of nitriles is 1. The Labute approximate surface area is 158 Å². The van der Waals surface area contributed by atoms with Gasteiger partial charge in [0, 0.05) is 30.1 Å². The van der Waals surface area contributed by atoms with E-state index in [1.807, 2.05) is 6.07 Å². The monoisotopic (exact) mass is 379 g/mol. The number of carbonyl (C=O) groups is 2. The van der Waals surface area contributed by atoms with Crippen LogP contribution in [-0.4, -0.2) is 21.3 Å². The number of amides is 2. The minimum absolute atomic E-state index is 0.00444. The molecule has 0 aliphatic rings. The first-order valence-electron chi connectivity index (χ1n) is 7.94. The fourth-order valence-corrected chi connectivity index (χ4v) is 2.54. The van der Waals surface area contributed by atoms with Gasteiger partial charge in [0.05, 0.1) is 4.92 Å². The van der Waals surface area contributed by atoms with Crippen molar-refractivity contribution in [2.24, 2.45) is 0 Å². The number of aromatic nitrogens is 1. The van der Waals surface area contributed by atoms with E-state index in [2.05, 4.69) is 10.9 Å². The summed E-state index contributed by atoms with van der Waals surface area (Å²) < 4.78 is 7.09. The summed E-state index contributed by atoms with van der Waals surface area (Å²) >= 11 is 0. The summed E-state index contributed by atoms with van der Waals surface area (Å²) in [6.45, 7) is 1.53. The molecule has 2 amide bonds. The number of rotatable bonds is 4. The van der Waals surface area contributed by atoms with Gasteiger partial charge in [0.15, 0.2) is 0 Å². The van der Waals surface area contributed by atoms with E-state index >= 15 is 0 Å². The van der Waals surface area contributed by atoms with Crippen LogP contribution in [0, 0.1) is 28.4 Å². The fourth-order valence-electron chi connectivity index (χ4n) is 2.54. The second-order valence-corrected chi connectivity index (χ2v) is 5.63. The molecule has 1 aromatic carbocycles. The molecular formula is C18H13N5O5. The van der Waals surface area contributed by atoms with Crippen molar-refractivity contribution in [2.75, 3.05) is 0 Å². The number of nitrogens with zero attached hydrogens (tertiary/aromatic N) is 3. The van der Waals surface area contributed by atoms with Crippen molar-refractivity contribution in [1.82, 2.24) is 15.4 Å². The number of benzene rings is 1. The van der Waals surface area contributed by atoms with Crippen LogP contribution in [0.1, 0.15) is 32.0 Å². The van der Waals surface area contributed by atoms with Crippen molar-refractivity contribution < 1.29 is 18.9 Å². The van der Waals surface area contributed by atoms with Crippen LogP contribution in [0.3, 0.4) is 0 Å². The molecule has 3 aromatic rings. The predicted octanol–water partition coefficient (Wildman–Crippen LogP) is 2.23. The summed E-state index contributed by atoms with van der Waals surface area (Å²) in [5.74, 6) is -1.00. The predicted molar refractivity (Wildman–Crippen MR) is 95.5 cm³/mol. The molecule has 10 nitrogen and oxygen atoms in total. The molecule has 0 saturated carbocycles. The molecule has 2 heterocycles. The largest absolute Gasteiger partial charge is 0.443 e.